The van der Waals surface area contributed by atoms with Crippen LogP contribution in [0.5, 0.6) is 0 Å². The van der Waals surface area contributed by atoms with Gasteiger partial charge in [-0.25, -0.2) is 0 Å². The first-order valence-corrected chi connectivity index (χ1v) is 7.75. The normalized spacial score (nSPS) is 29.1. The lowest BCUT2D eigenvalue weighted by molar-refractivity contribution is 0.397. The standard InChI is InChI=1S/C8H14N2O6S2/c9-4-3-6-1-2-7(17(11,12)13)5-8(6,10)18(14,15)16/h1-2,5-6H,3-4,9-10H2,(H,11,12,13)(H,14,15,16). The first kappa shape index (κ1) is 15.3. The van der Waals surface area contributed by atoms with E-state index in [-0.39, 0.29) is 13.0 Å². The Morgan fingerprint density at radius 2 is 1.83 bits per heavy atom. The first-order valence-electron chi connectivity index (χ1n) is 4.87. The summed E-state index contributed by atoms with van der Waals surface area (Å²) in [4.78, 5) is -3.01. The zero-order valence-corrected chi connectivity index (χ0v) is 10.9. The lowest BCUT2D eigenvalue weighted by Crippen LogP contribution is -2.53. The van der Waals surface area contributed by atoms with Gasteiger partial charge in [0.05, 0.1) is 4.91 Å². The molecule has 0 aliphatic heterocycles. The highest BCUT2D eigenvalue weighted by Crippen LogP contribution is 2.32. The van der Waals surface area contributed by atoms with Gasteiger partial charge in [0.15, 0.2) is 4.87 Å². The maximum atomic E-state index is 11.3. The summed E-state index contributed by atoms with van der Waals surface area (Å²) < 4.78 is 62.5. The molecule has 2 unspecified atom stereocenters. The van der Waals surface area contributed by atoms with Gasteiger partial charge in [-0.3, -0.25) is 9.11 Å². The van der Waals surface area contributed by atoms with Crippen molar-refractivity contribution in [2.75, 3.05) is 6.54 Å². The highest BCUT2D eigenvalue weighted by atomic mass is 32.2. The summed E-state index contributed by atoms with van der Waals surface area (Å²) in [5.41, 5.74) is 10.8. The van der Waals surface area contributed by atoms with Crippen LogP contribution in [0.4, 0.5) is 0 Å². The van der Waals surface area contributed by atoms with Crippen LogP contribution in [-0.4, -0.2) is 37.4 Å². The molecule has 0 aromatic carbocycles. The fourth-order valence-corrected chi connectivity index (χ4v) is 3.19. The van der Waals surface area contributed by atoms with Crippen molar-refractivity contribution in [1.29, 1.82) is 0 Å². The minimum absolute atomic E-state index is 0.0958. The third-order valence-electron chi connectivity index (χ3n) is 2.66. The molecule has 0 spiro atoms. The van der Waals surface area contributed by atoms with Crippen LogP contribution in [0, 0.1) is 5.92 Å². The molecular weight excluding hydrogens is 284 g/mol. The topological polar surface area (TPSA) is 161 Å². The summed E-state index contributed by atoms with van der Waals surface area (Å²) in [5, 5.41) is 0. The van der Waals surface area contributed by atoms with Gasteiger partial charge in [-0.05, 0) is 25.1 Å². The Morgan fingerprint density at radius 1 is 1.28 bits per heavy atom. The molecule has 6 N–H and O–H groups in total. The number of allylic oxidation sites excluding steroid dienone is 1. The summed E-state index contributed by atoms with van der Waals surface area (Å²) >= 11 is 0. The maximum absolute atomic E-state index is 11.3. The molecule has 2 atom stereocenters. The third kappa shape index (κ3) is 2.79. The molecular formula is C8H14N2O6S2. The van der Waals surface area contributed by atoms with Gasteiger partial charge in [0.2, 0.25) is 0 Å². The molecule has 0 saturated carbocycles. The van der Waals surface area contributed by atoms with E-state index >= 15 is 0 Å². The van der Waals surface area contributed by atoms with Crippen LogP contribution < -0.4 is 11.5 Å². The molecule has 1 aliphatic carbocycles. The van der Waals surface area contributed by atoms with Crippen LogP contribution in [0.3, 0.4) is 0 Å². The van der Waals surface area contributed by atoms with E-state index < -0.39 is 35.9 Å². The van der Waals surface area contributed by atoms with Crippen LogP contribution in [-0.2, 0) is 20.2 Å². The monoisotopic (exact) mass is 298 g/mol. The van der Waals surface area contributed by atoms with Crippen molar-refractivity contribution in [1.82, 2.24) is 0 Å². The molecule has 1 aliphatic rings. The Labute approximate surface area is 105 Å². The van der Waals surface area contributed by atoms with Gasteiger partial charge in [0, 0.05) is 5.92 Å². The molecule has 0 fully saturated rings. The molecule has 1 rings (SSSR count). The van der Waals surface area contributed by atoms with Gasteiger partial charge in [0.1, 0.15) is 0 Å². The highest BCUT2D eigenvalue weighted by Gasteiger charge is 2.46. The van der Waals surface area contributed by atoms with E-state index in [4.69, 9.17) is 20.6 Å². The number of hydrogen-bond donors (Lipinski definition) is 4. The second kappa shape index (κ2) is 4.72. The second-order valence-electron chi connectivity index (χ2n) is 3.89. The van der Waals surface area contributed by atoms with E-state index in [0.29, 0.717) is 6.08 Å². The van der Waals surface area contributed by atoms with Gasteiger partial charge in [0.25, 0.3) is 20.2 Å². The van der Waals surface area contributed by atoms with E-state index in [0.717, 1.165) is 6.08 Å². The molecule has 10 heteroatoms. The zero-order chi connectivity index (χ0) is 14.2. The SMILES string of the molecule is NCCC1C=CC(S(=O)(=O)O)=CC1(N)S(=O)(=O)O. The zero-order valence-electron chi connectivity index (χ0n) is 9.22. The molecule has 0 aromatic rings. The summed E-state index contributed by atoms with van der Waals surface area (Å²) in [6.07, 6.45) is 2.94. The minimum atomic E-state index is -4.77. The van der Waals surface area contributed by atoms with Crippen LogP contribution in [0.1, 0.15) is 6.42 Å². The lowest BCUT2D eigenvalue weighted by Gasteiger charge is -2.32. The third-order valence-corrected chi connectivity index (χ3v) is 4.83. The Kier molecular flexibility index (Phi) is 4.00. The predicted octanol–water partition coefficient (Wildman–Crippen LogP) is -1.16. The molecule has 18 heavy (non-hydrogen) atoms. The average molecular weight is 298 g/mol. The fourth-order valence-electron chi connectivity index (χ4n) is 1.67. The van der Waals surface area contributed by atoms with Gasteiger partial charge >= 0.3 is 0 Å². The van der Waals surface area contributed by atoms with Gasteiger partial charge in [-0.1, -0.05) is 6.08 Å². The summed E-state index contributed by atoms with van der Waals surface area (Å²) in [6.45, 7) is 0.0958. The molecule has 8 nitrogen and oxygen atoms in total. The minimum Gasteiger partial charge on any atom is -0.330 e. The molecule has 0 heterocycles. The van der Waals surface area contributed by atoms with E-state index in [1.54, 1.807) is 0 Å². The number of hydrogen-bond acceptors (Lipinski definition) is 6. The lowest BCUT2D eigenvalue weighted by atomic mass is 9.92. The van der Waals surface area contributed by atoms with Crippen molar-refractivity contribution in [3.05, 3.63) is 23.1 Å². The van der Waals surface area contributed by atoms with Crippen molar-refractivity contribution < 1.29 is 25.9 Å². The van der Waals surface area contributed by atoms with Crippen LogP contribution in [0.15, 0.2) is 23.1 Å². The maximum Gasteiger partial charge on any atom is 0.294 e. The Bertz CT molecular complexity index is 591. The van der Waals surface area contributed by atoms with Crippen molar-refractivity contribution in [2.24, 2.45) is 17.4 Å². The molecule has 0 saturated heterocycles. The van der Waals surface area contributed by atoms with E-state index in [9.17, 15) is 16.8 Å². The highest BCUT2D eigenvalue weighted by molar-refractivity contribution is 7.90. The number of rotatable bonds is 4. The summed E-state index contributed by atoms with van der Waals surface area (Å²) in [6, 6.07) is 0. The van der Waals surface area contributed by atoms with E-state index in [2.05, 4.69) is 0 Å². The quantitative estimate of drug-likeness (QED) is 0.472. The van der Waals surface area contributed by atoms with Crippen molar-refractivity contribution in [2.45, 2.75) is 11.3 Å². The Balaban J connectivity index is 3.40. The second-order valence-corrected chi connectivity index (χ2v) is 6.97. The van der Waals surface area contributed by atoms with Gasteiger partial charge < -0.3 is 11.5 Å². The van der Waals surface area contributed by atoms with Crippen molar-refractivity contribution in [3.8, 4) is 0 Å². The number of nitrogens with two attached hydrogens (primary N) is 2. The van der Waals surface area contributed by atoms with Crippen LogP contribution in [0.2, 0.25) is 0 Å². The van der Waals surface area contributed by atoms with Crippen LogP contribution in [0.25, 0.3) is 0 Å². The summed E-state index contributed by atoms with van der Waals surface area (Å²) in [5.74, 6) is -0.886. The molecule has 0 aromatic heterocycles. The molecule has 0 bridgehead atoms. The van der Waals surface area contributed by atoms with E-state index in [1.807, 2.05) is 0 Å². The van der Waals surface area contributed by atoms with E-state index in [1.165, 1.54) is 6.08 Å². The van der Waals surface area contributed by atoms with Crippen molar-refractivity contribution in [3.63, 3.8) is 0 Å². The first-order chi connectivity index (χ1) is 8.02. The fraction of sp³-hybridized carbons (Fsp3) is 0.500. The predicted molar refractivity (Wildman–Crippen MR) is 64.4 cm³/mol. The van der Waals surface area contributed by atoms with Gasteiger partial charge in [-0.15, -0.1) is 0 Å². The molecule has 0 amide bonds. The molecule has 104 valence electrons. The Hall–Kier alpha value is -0.780. The molecule has 0 radical (unpaired) electrons. The average Bonchev–Trinajstić information content (AvgIpc) is 2.18. The van der Waals surface area contributed by atoms with Crippen LogP contribution >= 0.6 is 0 Å². The smallest absolute Gasteiger partial charge is 0.294 e. The largest absolute Gasteiger partial charge is 0.330 e. The summed E-state index contributed by atoms with van der Waals surface area (Å²) in [7, 11) is -9.38. The van der Waals surface area contributed by atoms with Crippen molar-refractivity contribution >= 4 is 20.2 Å². The van der Waals surface area contributed by atoms with Gasteiger partial charge in [-0.2, -0.15) is 16.8 Å². The Morgan fingerprint density at radius 3 is 2.22 bits per heavy atom.